The fourth-order valence-electron chi connectivity index (χ4n) is 2.04. The Balaban J connectivity index is 1.76. The Morgan fingerprint density at radius 3 is 2.81 bits per heavy atom. The number of nitrogens with zero attached hydrogens (tertiary/aromatic N) is 2. The molecule has 1 amide bonds. The number of hydrogen-bond acceptors (Lipinski definition) is 5. The van der Waals surface area contributed by atoms with Crippen LogP contribution >= 0.6 is 22.7 Å². The van der Waals surface area contributed by atoms with Crippen LogP contribution in [0.4, 0.5) is 0 Å². The van der Waals surface area contributed by atoms with Crippen molar-refractivity contribution in [2.75, 3.05) is 13.1 Å². The number of thiophene rings is 1. The van der Waals surface area contributed by atoms with E-state index in [1.807, 2.05) is 17.5 Å². The van der Waals surface area contributed by atoms with Gasteiger partial charge in [-0.2, -0.15) is 0 Å². The Labute approximate surface area is 129 Å². The van der Waals surface area contributed by atoms with Gasteiger partial charge in [-0.1, -0.05) is 6.07 Å². The van der Waals surface area contributed by atoms with E-state index in [-0.39, 0.29) is 12.5 Å². The maximum Gasteiger partial charge on any atom is 0.323 e. The monoisotopic (exact) mass is 322 g/mol. The van der Waals surface area contributed by atoms with Crippen LogP contribution in [0.25, 0.3) is 9.88 Å². The zero-order valence-electron chi connectivity index (χ0n) is 11.2. The van der Waals surface area contributed by atoms with Crippen molar-refractivity contribution < 1.29 is 14.7 Å². The molecule has 0 radical (unpaired) electrons. The van der Waals surface area contributed by atoms with Crippen molar-refractivity contribution in [3.05, 3.63) is 28.6 Å². The van der Waals surface area contributed by atoms with E-state index >= 15 is 0 Å². The summed E-state index contributed by atoms with van der Waals surface area (Å²) >= 11 is 2.98. The first-order chi connectivity index (χ1) is 10.1. The Kier molecular flexibility index (Phi) is 4.03. The molecule has 1 saturated carbocycles. The molecule has 1 aliphatic rings. The molecule has 5 nitrogen and oxygen atoms in total. The van der Waals surface area contributed by atoms with Crippen molar-refractivity contribution in [3.8, 4) is 9.88 Å². The molecule has 2 aromatic rings. The van der Waals surface area contributed by atoms with E-state index in [0.29, 0.717) is 18.2 Å². The van der Waals surface area contributed by atoms with Gasteiger partial charge >= 0.3 is 5.97 Å². The third kappa shape index (κ3) is 3.48. The lowest BCUT2D eigenvalue weighted by molar-refractivity contribution is -0.137. The highest BCUT2D eigenvalue weighted by Crippen LogP contribution is 2.31. The lowest BCUT2D eigenvalue weighted by Gasteiger charge is -2.19. The van der Waals surface area contributed by atoms with Crippen LogP contribution in [-0.4, -0.2) is 40.0 Å². The second-order valence-electron chi connectivity index (χ2n) is 5.04. The molecule has 0 atom stereocenters. The first kappa shape index (κ1) is 14.2. The van der Waals surface area contributed by atoms with Gasteiger partial charge in [0.05, 0.1) is 4.88 Å². The highest BCUT2D eigenvalue weighted by atomic mass is 32.1. The first-order valence-electron chi connectivity index (χ1n) is 6.64. The number of amides is 1. The molecule has 2 heterocycles. The summed E-state index contributed by atoms with van der Waals surface area (Å²) in [6.07, 6.45) is 2.14. The van der Waals surface area contributed by atoms with Crippen LogP contribution in [0.3, 0.4) is 0 Å². The van der Waals surface area contributed by atoms with Gasteiger partial charge in [0, 0.05) is 11.9 Å². The minimum Gasteiger partial charge on any atom is -0.480 e. The molecule has 21 heavy (non-hydrogen) atoms. The maximum atomic E-state index is 12.4. The van der Waals surface area contributed by atoms with Gasteiger partial charge in [0.15, 0.2) is 0 Å². The summed E-state index contributed by atoms with van der Waals surface area (Å²) in [5.41, 5.74) is 0.338. The molecule has 0 saturated heterocycles. The molecule has 3 rings (SSSR count). The van der Waals surface area contributed by atoms with Crippen LogP contribution in [0.1, 0.15) is 23.3 Å². The van der Waals surface area contributed by atoms with Crippen LogP contribution in [0, 0.1) is 5.92 Å². The van der Waals surface area contributed by atoms with Gasteiger partial charge < -0.3 is 10.0 Å². The average molecular weight is 322 g/mol. The van der Waals surface area contributed by atoms with Gasteiger partial charge in [0.2, 0.25) is 0 Å². The first-order valence-corrected chi connectivity index (χ1v) is 8.40. The highest BCUT2D eigenvalue weighted by Gasteiger charge is 2.29. The van der Waals surface area contributed by atoms with Gasteiger partial charge in [-0.15, -0.1) is 22.7 Å². The van der Waals surface area contributed by atoms with Crippen molar-refractivity contribution >= 4 is 34.6 Å². The summed E-state index contributed by atoms with van der Waals surface area (Å²) in [5.74, 6) is -0.829. The second-order valence-corrected chi connectivity index (χ2v) is 6.84. The molecule has 1 aliphatic carbocycles. The van der Waals surface area contributed by atoms with Crippen LogP contribution in [0.15, 0.2) is 22.9 Å². The molecular formula is C14H14N2O3S2. The smallest absolute Gasteiger partial charge is 0.323 e. The van der Waals surface area contributed by atoms with Gasteiger partial charge in [0.25, 0.3) is 5.91 Å². The number of carboxylic acids is 1. The minimum absolute atomic E-state index is 0.263. The van der Waals surface area contributed by atoms with Crippen molar-refractivity contribution in [3.63, 3.8) is 0 Å². The predicted octanol–water partition coefficient (Wildman–Crippen LogP) is 2.81. The van der Waals surface area contributed by atoms with Gasteiger partial charge in [-0.3, -0.25) is 9.59 Å². The summed E-state index contributed by atoms with van der Waals surface area (Å²) in [6.45, 7) is 0.248. The van der Waals surface area contributed by atoms with E-state index < -0.39 is 5.97 Å². The van der Waals surface area contributed by atoms with Crippen molar-refractivity contribution in [2.45, 2.75) is 12.8 Å². The van der Waals surface area contributed by atoms with E-state index in [1.165, 1.54) is 16.2 Å². The van der Waals surface area contributed by atoms with Crippen LogP contribution < -0.4 is 0 Å². The zero-order valence-corrected chi connectivity index (χ0v) is 12.8. The summed E-state index contributed by atoms with van der Waals surface area (Å²) in [4.78, 5) is 30.1. The Bertz CT molecular complexity index is 647. The molecule has 1 fully saturated rings. The number of carboxylic acid groups (broad SMARTS) is 1. The number of aliphatic carboxylic acids is 1. The minimum atomic E-state index is -0.988. The summed E-state index contributed by atoms with van der Waals surface area (Å²) in [5, 5.41) is 13.4. The summed E-state index contributed by atoms with van der Waals surface area (Å²) in [6, 6.07) is 3.89. The quantitative estimate of drug-likeness (QED) is 0.888. The summed E-state index contributed by atoms with van der Waals surface area (Å²) in [7, 11) is 0. The molecule has 7 heteroatoms. The molecule has 0 unspecified atom stereocenters. The lowest BCUT2D eigenvalue weighted by Crippen LogP contribution is -2.37. The third-order valence-corrected chi connectivity index (χ3v) is 5.13. The van der Waals surface area contributed by atoms with Crippen LogP contribution in [-0.2, 0) is 4.79 Å². The zero-order chi connectivity index (χ0) is 14.8. The Morgan fingerprint density at radius 2 is 2.19 bits per heavy atom. The fraction of sp³-hybridized carbons (Fsp3) is 0.357. The van der Waals surface area contributed by atoms with Crippen LogP contribution in [0.5, 0.6) is 0 Å². The largest absolute Gasteiger partial charge is 0.480 e. The normalized spacial score (nSPS) is 14.1. The number of rotatable bonds is 6. The second kappa shape index (κ2) is 5.95. The third-order valence-electron chi connectivity index (χ3n) is 3.24. The standard InChI is InChI=1S/C14H14N2O3S2/c17-12(18)7-16(6-9-3-4-9)14(19)10-8-21-13(15-10)11-2-1-5-20-11/h1-2,5,8-9H,3-4,6-7H2,(H,17,18). The van der Waals surface area contributed by atoms with E-state index in [1.54, 1.807) is 16.7 Å². The van der Waals surface area contributed by atoms with Crippen molar-refractivity contribution in [1.82, 2.24) is 9.88 Å². The molecule has 0 aliphatic heterocycles. The lowest BCUT2D eigenvalue weighted by atomic mass is 10.3. The van der Waals surface area contributed by atoms with E-state index in [9.17, 15) is 9.59 Å². The van der Waals surface area contributed by atoms with Gasteiger partial charge in [0.1, 0.15) is 17.2 Å². The van der Waals surface area contributed by atoms with Gasteiger partial charge in [-0.25, -0.2) is 4.98 Å². The molecule has 2 aromatic heterocycles. The van der Waals surface area contributed by atoms with E-state index in [0.717, 1.165) is 22.7 Å². The molecule has 0 spiro atoms. The SMILES string of the molecule is O=C(O)CN(CC1CC1)C(=O)c1csc(-c2cccs2)n1. The van der Waals surface area contributed by atoms with Crippen LogP contribution in [0.2, 0.25) is 0 Å². The number of carbonyl (C=O) groups excluding carboxylic acids is 1. The number of aromatic nitrogens is 1. The molecule has 0 aromatic carbocycles. The van der Waals surface area contributed by atoms with E-state index in [4.69, 9.17) is 5.11 Å². The average Bonchev–Trinajstić information content (AvgIpc) is 2.96. The number of thiazole rings is 1. The Hall–Kier alpha value is -1.73. The highest BCUT2D eigenvalue weighted by molar-refractivity contribution is 7.20. The van der Waals surface area contributed by atoms with Crippen molar-refractivity contribution in [1.29, 1.82) is 0 Å². The molecule has 0 bridgehead atoms. The molecule has 110 valence electrons. The predicted molar refractivity (Wildman–Crippen MR) is 81.7 cm³/mol. The number of hydrogen-bond donors (Lipinski definition) is 1. The van der Waals surface area contributed by atoms with Crippen molar-refractivity contribution in [2.24, 2.45) is 5.92 Å². The molecular weight excluding hydrogens is 308 g/mol. The fourth-order valence-corrected chi connectivity index (χ4v) is 3.65. The number of carbonyl (C=O) groups is 2. The topological polar surface area (TPSA) is 70.5 Å². The summed E-state index contributed by atoms with van der Waals surface area (Å²) < 4.78 is 0. The van der Waals surface area contributed by atoms with Gasteiger partial charge in [-0.05, 0) is 30.2 Å². The molecule has 1 N–H and O–H groups in total. The Morgan fingerprint density at radius 1 is 1.38 bits per heavy atom. The maximum absolute atomic E-state index is 12.4. The van der Waals surface area contributed by atoms with E-state index in [2.05, 4.69) is 4.98 Å².